The van der Waals surface area contributed by atoms with Crippen molar-refractivity contribution < 1.29 is 14.3 Å². The normalized spacial score (nSPS) is 14.3. The summed E-state index contributed by atoms with van der Waals surface area (Å²) in [6.07, 6.45) is 3.83. The molecular formula is C18H28ClN3O3. The first kappa shape index (κ1) is 21.3. The average molecular weight is 370 g/mol. The van der Waals surface area contributed by atoms with Crippen LogP contribution in [0.1, 0.15) is 36.0 Å². The number of carbonyl (C=O) groups is 2. The molecule has 1 aromatic carbocycles. The predicted octanol–water partition coefficient (Wildman–Crippen LogP) is 1.74. The number of methoxy groups -OCH3 is 1. The smallest absolute Gasteiger partial charge is 0.251 e. The second kappa shape index (κ2) is 11.7. The monoisotopic (exact) mass is 369 g/mol. The van der Waals surface area contributed by atoms with Crippen LogP contribution < -0.4 is 20.7 Å². The lowest BCUT2D eigenvalue weighted by Crippen LogP contribution is -2.35. The van der Waals surface area contributed by atoms with E-state index in [1.807, 2.05) is 0 Å². The Labute approximate surface area is 155 Å². The number of ether oxygens (including phenoxy) is 1. The number of rotatable bonds is 8. The van der Waals surface area contributed by atoms with E-state index in [-0.39, 0.29) is 24.2 Å². The van der Waals surface area contributed by atoms with Crippen LogP contribution in [0.25, 0.3) is 0 Å². The van der Waals surface area contributed by atoms with Crippen LogP contribution in [0, 0.1) is 5.92 Å². The van der Waals surface area contributed by atoms with Gasteiger partial charge in [-0.05, 0) is 62.5 Å². The van der Waals surface area contributed by atoms with E-state index in [0.717, 1.165) is 32.4 Å². The Morgan fingerprint density at radius 1 is 1.12 bits per heavy atom. The molecule has 1 aliphatic rings. The largest absolute Gasteiger partial charge is 0.497 e. The molecule has 1 aliphatic heterocycles. The Bertz CT molecular complexity index is 531. The van der Waals surface area contributed by atoms with E-state index in [0.29, 0.717) is 36.7 Å². The highest BCUT2D eigenvalue weighted by Gasteiger charge is 2.14. The van der Waals surface area contributed by atoms with E-state index in [4.69, 9.17) is 4.74 Å². The lowest BCUT2D eigenvalue weighted by Gasteiger charge is -2.22. The van der Waals surface area contributed by atoms with E-state index >= 15 is 0 Å². The number of hydrogen-bond acceptors (Lipinski definition) is 4. The fourth-order valence-electron chi connectivity index (χ4n) is 2.82. The third-order valence-electron chi connectivity index (χ3n) is 4.32. The number of nitrogens with one attached hydrogen (secondary N) is 3. The van der Waals surface area contributed by atoms with Gasteiger partial charge in [-0.3, -0.25) is 9.59 Å². The number of amides is 2. The average Bonchev–Trinajstić information content (AvgIpc) is 2.64. The highest BCUT2D eigenvalue weighted by molar-refractivity contribution is 5.94. The first-order valence-electron chi connectivity index (χ1n) is 8.58. The van der Waals surface area contributed by atoms with Crippen molar-refractivity contribution in [2.24, 2.45) is 5.92 Å². The number of hydrogen-bond donors (Lipinski definition) is 3. The molecule has 1 aromatic rings. The first-order chi connectivity index (χ1) is 11.7. The summed E-state index contributed by atoms with van der Waals surface area (Å²) in [5.41, 5.74) is 0.577. The van der Waals surface area contributed by atoms with Crippen LogP contribution in [0.3, 0.4) is 0 Å². The highest BCUT2D eigenvalue weighted by atomic mass is 35.5. The van der Waals surface area contributed by atoms with Gasteiger partial charge < -0.3 is 20.7 Å². The van der Waals surface area contributed by atoms with Crippen LogP contribution in [0.2, 0.25) is 0 Å². The van der Waals surface area contributed by atoms with E-state index in [9.17, 15) is 9.59 Å². The van der Waals surface area contributed by atoms with Crippen molar-refractivity contribution in [3.63, 3.8) is 0 Å². The quantitative estimate of drug-likeness (QED) is 0.610. The fourth-order valence-corrected chi connectivity index (χ4v) is 2.82. The molecule has 0 aromatic heterocycles. The summed E-state index contributed by atoms with van der Waals surface area (Å²) in [7, 11) is 1.59. The van der Waals surface area contributed by atoms with Gasteiger partial charge in [-0.15, -0.1) is 12.4 Å². The molecule has 6 nitrogen and oxygen atoms in total. The Morgan fingerprint density at radius 3 is 2.40 bits per heavy atom. The predicted molar refractivity (Wildman–Crippen MR) is 100 cm³/mol. The summed E-state index contributed by atoms with van der Waals surface area (Å²) >= 11 is 0. The summed E-state index contributed by atoms with van der Waals surface area (Å²) in [4.78, 5) is 23.8. The number of benzene rings is 1. The maximum Gasteiger partial charge on any atom is 0.251 e. The fraction of sp³-hybridized carbons (Fsp3) is 0.556. The Kier molecular flexibility index (Phi) is 9.96. The van der Waals surface area contributed by atoms with Gasteiger partial charge in [-0.1, -0.05) is 0 Å². The molecular weight excluding hydrogens is 342 g/mol. The van der Waals surface area contributed by atoms with Crippen LogP contribution >= 0.6 is 12.4 Å². The van der Waals surface area contributed by atoms with Gasteiger partial charge in [0.1, 0.15) is 5.75 Å². The molecule has 2 amide bonds. The van der Waals surface area contributed by atoms with Crippen LogP contribution in [-0.4, -0.2) is 45.1 Å². The van der Waals surface area contributed by atoms with Crippen molar-refractivity contribution in [1.29, 1.82) is 0 Å². The molecule has 3 N–H and O–H groups in total. The second-order valence-electron chi connectivity index (χ2n) is 6.07. The molecule has 0 spiro atoms. The zero-order chi connectivity index (χ0) is 17.2. The topological polar surface area (TPSA) is 79.5 Å². The lowest BCUT2D eigenvalue weighted by atomic mass is 9.93. The van der Waals surface area contributed by atoms with Crippen LogP contribution in [0.5, 0.6) is 5.75 Å². The van der Waals surface area contributed by atoms with Crippen molar-refractivity contribution >= 4 is 24.2 Å². The van der Waals surface area contributed by atoms with E-state index < -0.39 is 0 Å². The number of carbonyl (C=O) groups excluding carboxylic acids is 2. The maximum atomic E-state index is 12.0. The lowest BCUT2D eigenvalue weighted by molar-refractivity contribution is -0.121. The molecule has 25 heavy (non-hydrogen) atoms. The molecule has 0 aliphatic carbocycles. The molecule has 0 unspecified atom stereocenters. The molecule has 1 heterocycles. The number of halogens is 1. The zero-order valence-electron chi connectivity index (χ0n) is 14.7. The molecule has 1 fully saturated rings. The summed E-state index contributed by atoms with van der Waals surface area (Å²) < 4.78 is 5.06. The third kappa shape index (κ3) is 7.75. The minimum Gasteiger partial charge on any atom is -0.497 e. The van der Waals surface area contributed by atoms with Crippen LogP contribution in [0.4, 0.5) is 0 Å². The molecule has 7 heteroatoms. The third-order valence-corrected chi connectivity index (χ3v) is 4.32. The number of piperidine rings is 1. The molecule has 0 radical (unpaired) electrons. The van der Waals surface area contributed by atoms with Crippen molar-refractivity contribution in [3.05, 3.63) is 29.8 Å². The van der Waals surface area contributed by atoms with E-state index in [1.165, 1.54) is 0 Å². The van der Waals surface area contributed by atoms with E-state index in [2.05, 4.69) is 16.0 Å². The molecule has 0 bridgehead atoms. The van der Waals surface area contributed by atoms with Gasteiger partial charge in [0.05, 0.1) is 7.11 Å². The standard InChI is InChI=1S/C18H27N3O3.ClH/c1-24-16-5-3-15(4-6-16)18(23)21-13-12-20-17(22)7-2-14-8-10-19-11-9-14;/h3-6,14,19H,2,7-13H2,1H3,(H,20,22)(H,21,23);1H. The van der Waals surface area contributed by atoms with Gasteiger partial charge in [0, 0.05) is 25.1 Å². The zero-order valence-corrected chi connectivity index (χ0v) is 15.5. The molecule has 0 atom stereocenters. The Hall–Kier alpha value is -1.79. The van der Waals surface area contributed by atoms with Gasteiger partial charge in [0.2, 0.25) is 5.91 Å². The van der Waals surface area contributed by atoms with Crippen molar-refractivity contribution in [3.8, 4) is 5.75 Å². The summed E-state index contributed by atoms with van der Waals surface area (Å²) in [5, 5.41) is 8.98. The second-order valence-corrected chi connectivity index (χ2v) is 6.07. The minimum atomic E-state index is -0.151. The van der Waals surface area contributed by atoms with Crippen molar-refractivity contribution in [2.45, 2.75) is 25.7 Å². The van der Waals surface area contributed by atoms with Gasteiger partial charge in [-0.25, -0.2) is 0 Å². The molecule has 0 saturated carbocycles. The summed E-state index contributed by atoms with van der Waals surface area (Å²) in [6, 6.07) is 6.92. The Morgan fingerprint density at radius 2 is 1.76 bits per heavy atom. The minimum absolute atomic E-state index is 0. The first-order valence-corrected chi connectivity index (χ1v) is 8.58. The SMILES string of the molecule is COc1ccc(C(=O)NCCNC(=O)CCC2CCNCC2)cc1.Cl. The van der Waals surface area contributed by atoms with Gasteiger partial charge in [-0.2, -0.15) is 0 Å². The maximum absolute atomic E-state index is 12.0. The van der Waals surface area contributed by atoms with Gasteiger partial charge >= 0.3 is 0 Å². The Balaban J connectivity index is 0.00000312. The molecule has 2 rings (SSSR count). The van der Waals surface area contributed by atoms with Crippen molar-refractivity contribution in [1.82, 2.24) is 16.0 Å². The van der Waals surface area contributed by atoms with Crippen molar-refractivity contribution in [2.75, 3.05) is 33.3 Å². The summed E-state index contributed by atoms with van der Waals surface area (Å²) in [6.45, 7) is 2.99. The summed E-state index contributed by atoms with van der Waals surface area (Å²) in [5.74, 6) is 1.29. The van der Waals surface area contributed by atoms with Gasteiger partial charge in [0.15, 0.2) is 0 Å². The van der Waals surface area contributed by atoms with Gasteiger partial charge in [0.25, 0.3) is 5.91 Å². The molecule has 140 valence electrons. The molecule has 1 saturated heterocycles. The highest BCUT2D eigenvalue weighted by Crippen LogP contribution is 2.17. The van der Waals surface area contributed by atoms with Crippen LogP contribution in [0.15, 0.2) is 24.3 Å². The van der Waals surface area contributed by atoms with E-state index in [1.54, 1.807) is 31.4 Å². The van der Waals surface area contributed by atoms with Crippen LogP contribution in [-0.2, 0) is 4.79 Å².